The number of imide groups is 1. The number of carbonyl (C=O) groups excluding carboxylic acids is 2. The summed E-state index contributed by atoms with van der Waals surface area (Å²) in [5.74, 6) is -0.608. The molecule has 0 radical (unpaired) electrons. The van der Waals surface area contributed by atoms with E-state index in [4.69, 9.17) is 4.74 Å². The quantitative estimate of drug-likeness (QED) is 0.819. The van der Waals surface area contributed by atoms with E-state index < -0.39 is 11.8 Å². The van der Waals surface area contributed by atoms with Gasteiger partial charge in [0.2, 0.25) is 0 Å². The van der Waals surface area contributed by atoms with Crippen molar-refractivity contribution in [3.8, 4) is 0 Å². The third-order valence-electron chi connectivity index (χ3n) is 3.95. The molecule has 1 aliphatic heterocycles. The van der Waals surface area contributed by atoms with Crippen LogP contribution < -0.4 is 0 Å². The Labute approximate surface area is 135 Å². The lowest BCUT2D eigenvalue weighted by molar-refractivity contribution is -0.128. The van der Waals surface area contributed by atoms with Gasteiger partial charge in [0.25, 0.3) is 11.8 Å². The highest BCUT2D eigenvalue weighted by atomic mass is 16.6. The SMILES string of the molecule is CC1(C)OC(Cc2ccccc2)C(=O)N1C(=O)c1ccccc1. The van der Waals surface area contributed by atoms with Gasteiger partial charge in [0, 0.05) is 12.0 Å². The van der Waals surface area contributed by atoms with Crippen LogP contribution in [0.4, 0.5) is 0 Å². The summed E-state index contributed by atoms with van der Waals surface area (Å²) in [6, 6.07) is 18.5. The molecule has 3 rings (SSSR count). The van der Waals surface area contributed by atoms with Gasteiger partial charge >= 0.3 is 0 Å². The molecule has 2 aromatic carbocycles. The largest absolute Gasteiger partial charge is 0.342 e. The van der Waals surface area contributed by atoms with E-state index in [2.05, 4.69) is 0 Å². The molecular formula is C19H19NO3. The van der Waals surface area contributed by atoms with E-state index >= 15 is 0 Å². The summed E-state index contributed by atoms with van der Waals surface area (Å²) in [4.78, 5) is 26.6. The van der Waals surface area contributed by atoms with Gasteiger partial charge in [-0.2, -0.15) is 0 Å². The maximum absolute atomic E-state index is 12.7. The topological polar surface area (TPSA) is 46.6 Å². The van der Waals surface area contributed by atoms with Crippen LogP contribution in [0.2, 0.25) is 0 Å². The Hall–Kier alpha value is -2.46. The summed E-state index contributed by atoms with van der Waals surface area (Å²) in [6.45, 7) is 3.49. The van der Waals surface area contributed by atoms with Gasteiger partial charge in [-0.1, -0.05) is 48.5 Å². The van der Waals surface area contributed by atoms with Gasteiger partial charge in [0.15, 0.2) is 0 Å². The summed E-state index contributed by atoms with van der Waals surface area (Å²) < 4.78 is 5.88. The van der Waals surface area contributed by atoms with Crippen LogP contribution in [0.1, 0.15) is 29.8 Å². The van der Waals surface area contributed by atoms with Crippen LogP contribution >= 0.6 is 0 Å². The van der Waals surface area contributed by atoms with Crippen LogP contribution in [0, 0.1) is 0 Å². The predicted molar refractivity (Wildman–Crippen MR) is 86.7 cm³/mol. The maximum atomic E-state index is 12.7. The van der Waals surface area contributed by atoms with Crippen molar-refractivity contribution < 1.29 is 14.3 Å². The van der Waals surface area contributed by atoms with Crippen molar-refractivity contribution in [3.63, 3.8) is 0 Å². The Kier molecular flexibility index (Phi) is 4.01. The van der Waals surface area contributed by atoms with Crippen LogP contribution in [0.25, 0.3) is 0 Å². The van der Waals surface area contributed by atoms with E-state index in [-0.39, 0.29) is 11.8 Å². The molecule has 1 unspecified atom stereocenters. The van der Waals surface area contributed by atoms with Crippen LogP contribution in [0.15, 0.2) is 60.7 Å². The van der Waals surface area contributed by atoms with Crippen LogP contribution in [0.5, 0.6) is 0 Å². The highest BCUT2D eigenvalue weighted by molar-refractivity contribution is 6.07. The summed E-state index contributed by atoms with van der Waals surface area (Å²) in [5.41, 5.74) is 0.539. The second-order valence-corrected chi connectivity index (χ2v) is 6.09. The number of nitrogens with zero attached hydrogens (tertiary/aromatic N) is 1. The number of amides is 2. The molecule has 1 saturated heterocycles. The molecule has 2 aromatic rings. The number of benzene rings is 2. The lowest BCUT2D eigenvalue weighted by Gasteiger charge is -2.27. The molecule has 0 aromatic heterocycles. The lowest BCUT2D eigenvalue weighted by atomic mass is 10.1. The van der Waals surface area contributed by atoms with Gasteiger partial charge in [-0.3, -0.25) is 9.59 Å². The molecule has 0 saturated carbocycles. The average Bonchev–Trinajstić information content (AvgIpc) is 2.77. The summed E-state index contributed by atoms with van der Waals surface area (Å²) in [6.07, 6.45) is -0.179. The Morgan fingerprint density at radius 1 is 1.04 bits per heavy atom. The zero-order valence-corrected chi connectivity index (χ0v) is 13.2. The second kappa shape index (κ2) is 5.97. The Bertz CT molecular complexity index is 710. The molecule has 1 atom stereocenters. The van der Waals surface area contributed by atoms with Crippen LogP contribution in [0.3, 0.4) is 0 Å². The second-order valence-electron chi connectivity index (χ2n) is 6.09. The van der Waals surface area contributed by atoms with Crippen molar-refractivity contribution >= 4 is 11.8 Å². The van der Waals surface area contributed by atoms with Crippen molar-refractivity contribution in [1.29, 1.82) is 0 Å². The normalized spacial score (nSPS) is 19.8. The first-order valence-electron chi connectivity index (χ1n) is 7.64. The monoisotopic (exact) mass is 309 g/mol. The molecule has 1 fully saturated rings. The van der Waals surface area contributed by atoms with Crippen molar-refractivity contribution in [2.24, 2.45) is 0 Å². The van der Waals surface area contributed by atoms with Gasteiger partial charge in [-0.05, 0) is 31.5 Å². The van der Waals surface area contributed by atoms with Crippen LogP contribution in [-0.2, 0) is 16.0 Å². The molecule has 1 aliphatic rings. The first-order valence-corrected chi connectivity index (χ1v) is 7.64. The van der Waals surface area contributed by atoms with Gasteiger partial charge in [0.05, 0.1) is 0 Å². The Morgan fingerprint density at radius 2 is 1.61 bits per heavy atom. The summed E-state index contributed by atoms with van der Waals surface area (Å²) in [5, 5.41) is 0. The van der Waals surface area contributed by atoms with Gasteiger partial charge < -0.3 is 4.74 Å². The van der Waals surface area contributed by atoms with Crippen molar-refractivity contribution in [2.75, 3.05) is 0 Å². The number of ether oxygens (including phenoxy) is 1. The zero-order valence-electron chi connectivity index (χ0n) is 13.2. The number of rotatable bonds is 3. The molecule has 0 N–H and O–H groups in total. The third-order valence-corrected chi connectivity index (χ3v) is 3.95. The Morgan fingerprint density at radius 3 is 2.22 bits per heavy atom. The van der Waals surface area contributed by atoms with Crippen molar-refractivity contribution in [3.05, 3.63) is 71.8 Å². The molecule has 1 heterocycles. The first kappa shape index (κ1) is 15.4. The first-order chi connectivity index (χ1) is 11.0. The lowest BCUT2D eigenvalue weighted by Crippen LogP contribution is -2.46. The number of hydrogen-bond acceptors (Lipinski definition) is 3. The van der Waals surface area contributed by atoms with Gasteiger partial charge in [0.1, 0.15) is 11.8 Å². The van der Waals surface area contributed by atoms with E-state index in [1.165, 1.54) is 4.90 Å². The summed E-state index contributed by atoms with van der Waals surface area (Å²) >= 11 is 0. The predicted octanol–water partition coefficient (Wildman–Crippen LogP) is 3.03. The fourth-order valence-corrected chi connectivity index (χ4v) is 2.87. The molecule has 0 aliphatic carbocycles. The van der Waals surface area contributed by atoms with E-state index in [1.54, 1.807) is 38.1 Å². The maximum Gasteiger partial charge on any atom is 0.262 e. The highest BCUT2D eigenvalue weighted by Crippen LogP contribution is 2.31. The van der Waals surface area contributed by atoms with Crippen LogP contribution in [-0.4, -0.2) is 28.5 Å². The van der Waals surface area contributed by atoms with Gasteiger partial charge in [-0.15, -0.1) is 0 Å². The molecule has 2 amide bonds. The fourth-order valence-electron chi connectivity index (χ4n) is 2.87. The van der Waals surface area contributed by atoms with E-state index in [0.717, 1.165) is 5.56 Å². The smallest absolute Gasteiger partial charge is 0.262 e. The van der Waals surface area contributed by atoms with Crippen molar-refractivity contribution in [1.82, 2.24) is 4.90 Å². The van der Waals surface area contributed by atoms with E-state index in [1.807, 2.05) is 36.4 Å². The number of hydrogen-bond donors (Lipinski definition) is 0. The van der Waals surface area contributed by atoms with E-state index in [0.29, 0.717) is 12.0 Å². The van der Waals surface area contributed by atoms with Crippen molar-refractivity contribution in [2.45, 2.75) is 32.1 Å². The standard InChI is InChI=1S/C19H19NO3/c1-19(2)20(17(21)15-11-7-4-8-12-15)18(22)16(23-19)13-14-9-5-3-6-10-14/h3-12,16H,13H2,1-2H3. The average molecular weight is 309 g/mol. The van der Waals surface area contributed by atoms with E-state index in [9.17, 15) is 9.59 Å². The molecule has 118 valence electrons. The highest BCUT2D eigenvalue weighted by Gasteiger charge is 2.49. The molecule has 0 spiro atoms. The molecule has 4 nitrogen and oxygen atoms in total. The molecule has 23 heavy (non-hydrogen) atoms. The van der Waals surface area contributed by atoms with Gasteiger partial charge in [-0.25, -0.2) is 4.90 Å². The Balaban J connectivity index is 1.84. The third kappa shape index (κ3) is 3.03. The molecular weight excluding hydrogens is 290 g/mol. The zero-order chi connectivity index (χ0) is 16.4. The molecule has 4 heteroatoms. The number of carbonyl (C=O) groups is 2. The summed E-state index contributed by atoms with van der Waals surface area (Å²) in [7, 11) is 0. The molecule has 0 bridgehead atoms. The fraction of sp³-hybridized carbons (Fsp3) is 0.263. The minimum atomic E-state index is -0.955. The minimum absolute atomic E-state index is 0.285. The minimum Gasteiger partial charge on any atom is -0.342 e.